The van der Waals surface area contributed by atoms with Crippen LogP contribution in [0.2, 0.25) is 0 Å². The SMILES string of the molecule is CC(O)CC1CCCN1Cc1cnc[nH]1. The molecule has 1 aromatic heterocycles. The van der Waals surface area contributed by atoms with Crippen molar-refractivity contribution in [1.82, 2.24) is 14.9 Å². The minimum absolute atomic E-state index is 0.197. The summed E-state index contributed by atoms with van der Waals surface area (Å²) in [6, 6.07) is 0.535. The molecule has 1 saturated heterocycles. The molecule has 15 heavy (non-hydrogen) atoms. The van der Waals surface area contributed by atoms with Gasteiger partial charge in [-0.1, -0.05) is 0 Å². The molecule has 1 fully saturated rings. The Kier molecular flexibility index (Phi) is 3.38. The number of nitrogens with zero attached hydrogens (tertiary/aromatic N) is 2. The molecule has 0 bridgehead atoms. The van der Waals surface area contributed by atoms with Crippen LogP contribution in [0, 0.1) is 0 Å². The zero-order chi connectivity index (χ0) is 10.7. The predicted molar refractivity (Wildman–Crippen MR) is 58.3 cm³/mol. The van der Waals surface area contributed by atoms with Crippen LogP contribution in [0.1, 0.15) is 31.9 Å². The third-order valence-electron chi connectivity index (χ3n) is 3.04. The van der Waals surface area contributed by atoms with E-state index in [4.69, 9.17) is 0 Å². The first-order valence-corrected chi connectivity index (χ1v) is 5.65. The summed E-state index contributed by atoms with van der Waals surface area (Å²) in [5.74, 6) is 0. The minimum Gasteiger partial charge on any atom is -0.393 e. The van der Waals surface area contributed by atoms with Crippen molar-refractivity contribution in [2.45, 2.75) is 44.9 Å². The summed E-state index contributed by atoms with van der Waals surface area (Å²) in [5.41, 5.74) is 1.16. The van der Waals surface area contributed by atoms with Crippen LogP contribution >= 0.6 is 0 Å². The number of aromatic nitrogens is 2. The first kappa shape index (κ1) is 10.6. The zero-order valence-electron chi connectivity index (χ0n) is 9.19. The largest absolute Gasteiger partial charge is 0.393 e. The van der Waals surface area contributed by atoms with Gasteiger partial charge in [-0.05, 0) is 32.7 Å². The molecule has 4 heteroatoms. The van der Waals surface area contributed by atoms with Crippen molar-refractivity contribution >= 4 is 0 Å². The number of hydrogen-bond acceptors (Lipinski definition) is 3. The van der Waals surface area contributed by atoms with Crippen LogP contribution in [-0.2, 0) is 6.54 Å². The molecule has 0 aliphatic carbocycles. The number of rotatable bonds is 4. The van der Waals surface area contributed by atoms with Crippen molar-refractivity contribution in [1.29, 1.82) is 0 Å². The fourth-order valence-electron chi connectivity index (χ4n) is 2.35. The number of aliphatic hydroxyl groups excluding tert-OH is 1. The van der Waals surface area contributed by atoms with E-state index in [-0.39, 0.29) is 6.10 Å². The molecule has 1 aliphatic rings. The standard InChI is InChI=1S/C11H19N3O/c1-9(15)5-11-3-2-4-14(11)7-10-6-12-8-13-10/h6,8-9,11,15H,2-5,7H2,1H3,(H,12,13). The van der Waals surface area contributed by atoms with Crippen LogP contribution in [0.3, 0.4) is 0 Å². The second-order valence-electron chi connectivity index (χ2n) is 4.43. The number of likely N-dealkylation sites (tertiary alicyclic amines) is 1. The summed E-state index contributed by atoms with van der Waals surface area (Å²) in [5, 5.41) is 9.41. The van der Waals surface area contributed by atoms with Crippen molar-refractivity contribution in [2.75, 3.05) is 6.54 Å². The third kappa shape index (κ3) is 2.79. The Morgan fingerprint density at radius 3 is 3.27 bits per heavy atom. The number of hydrogen-bond donors (Lipinski definition) is 2. The normalized spacial score (nSPS) is 24.5. The first-order chi connectivity index (χ1) is 7.25. The van der Waals surface area contributed by atoms with E-state index >= 15 is 0 Å². The van der Waals surface area contributed by atoms with E-state index in [1.165, 1.54) is 12.8 Å². The molecule has 1 aliphatic heterocycles. The van der Waals surface area contributed by atoms with Gasteiger partial charge in [0.05, 0.1) is 12.4 Å². The molecule has 0 saturated carbocycles. The van der Waals surface area contributed by atoms with E-state index in [1.807, 2.05) is 13.1 Å². The number of imidazole rings is 1. The molecule has 0 radical (unpaired) electrons. The molecule has 1 aromatic rings. The van der Waals surface area contributed by atoms with Crippen LogP contribution in [0.15, 0.2) is 12.5 Å². The lowest BCUT2D eigenvalue weighted by atomic mass is 10.1. The van der Waals surface area contributed by atoms with Crippen molar-refractivity contribution in [3.05, 3.63) is 18.2 Å². The highest BCUT2D eigenvalue weighted by Crippen LogP contribution is 2.22. The van der Waals surface area contributed by atoms with E-state index in [0.29, 0.717) is 6.04 Å². The topological polar surface area (TPSA) is 52.1 Å². The van der Waals surface area contributed by atoms with Crippen LogP contribution in [0.4, 0.5) is 0 Å². The van der Waals surface area contributed by atoms with E-state index in [0.717, 1.165) is 25.2 Å². The molecule has 4 nitrogen and oxygen atoms in total. The Morgan fingerprint density at radius 1 is 1.73 bits per heavy atom. The molecule has 2 heterocycles. The van der Waals surface area contributed by atoms with Gasteiger partial charge in [0, 0.05) is 24.5 Å². The average molecular weight is 209 g/mol. The number of H-pyrrole nitrogens is 1. The summed E-state index contributed by atoms with van der Waals surface area (Å²) < 4.78 is 0. The van der Waals surface area contributed by atoms with Gasteiger partial charge in [0.1, 0.15) is 0 Å². The zero-order valence-corrected chi connectivity index (χ0v) is 9.19. The molecule has 2 unspecified atom stereocenters. The van der Waals surface area contributed by atoms with E-state index in [1.54, 1.807) is 6.33 Å². The van der Waals surface area contributed by atoms with Crippen molar-refractivity contribution in [3.63, 3.8) is 0 Å². The number of nitrogens with one attached hydrogen (secondary N) is 1. The van der Waals surface area contributed by atoms with E-state index < -0.39 is 0 Å². The maximum atomic E-state index is 9.41. The molecular weight excluding hydrogens is 190 g/mol. The fourth-order valence-corrected chi connectivity index (χ4v) is 2.35. The number of aromatic amines is 1. The molecule has 2 rings (SSSR count). The Hall–Kier alpha value is -0.870. The molecule has 84 valence electrons. The van der Waals surface area contributed by atoms with Crippen LogP contribution in [0.5, 0.6) is 0 Å². The van der Waals surface area contributed by atoms with Crippen LogP contribution in [0.25, 0.3) is 0 Å². The van der Waals surface area contributed by atoms with Gasteiger partial charge in [-0.3, -0.25) is 4.90 Å². The van der Waals surface area contributed by atoms with Crippen molar-refractivity contribution in [3.8, 4) is 0 Å². The molecule has 0 spiro atoms. The Labute approximate surface area is 90.3 Å². The maximum Gasteiger partial charge on any atom is 0.0922 e. The third-order valence-corrected chi connectivity index (χ3v) is 3.04. The summed E-state index contributed by atoms with van der Waals surface area (Å²) in [4.78, 5) is 9.57. The maximum absolute atomic E-state index is 9.41. The predicted octanol–water partition coefficient (Wildman–Crippen LogP) is 1.15. The molecule has 2 N–H and O–H groups in total. The van der Waals surface area contributed by atoms with Gasteiger partial charge in [0.15, 0.2) is 0 Å². The Morgan fingerprint density at radius 2 is 2.60 bits per heavy atom. The van der Waals surface area contributed by atoms with Crippen LogP contribution in [-0.4, -0.2) is 38.7 Å². The monoisotopic (exact) mass is 209 g/mol. The molecular formula is C11H19N3O. The minimum atomic E-state index is -0.197. The molecule has 0 amide bonds. The van der Waals surface area contributed by atoms with E-state index in [9.17, 15) is 5.11 Å². The summed E-state index contributed by atoms with van der Waals surface area (Å²) in [6.45, 7) is 3.93. The quantitative estimate of drug-likeness (QED) is 0.782. The van der Waals surface area contributed by atoms with Crippen molar-refractivity contribution in [2.24, 2.45) is 0 Å². The fraction of sp³-hybridized carbons (Fsp3) is 0.727. The summed E-state index contributed by atoms with van der Waals surface area (Å²) in [7, 11) is 0. The molecule has 2 atom stereocenters. The lowest BCUT2D eigenvalue weighted by Gasteiger charge is -2.24. The average Bonchev–Trinajstić information content (AvgIpc) is 2.78. The molecule has 0 aromatic carbocycles. The number of aliphatic hydroxyl groups is 1. The van der Waals surface area contributed by atoms with Gasteiger partial charge in [-0.15, -0.1) is 0 Å². The lowest BCUT2D eigenvalue weighted by molar-refractivity contribution is 0.130. The van der Waals surface area contributed by atoms with Crippen molar-refractivity contribution < 1.29 is 5.11 Å². The second-order valence-corrected chi connectivity index (χ2v) is 4.43. The summed E-state index contributed by atoms with van der Waals surface area (Å²) in [6.07, 6.45) is 6.73. The van der Waals surface area contributed by atoms with Gasteiger partial charge in [-0.2, -0.15) is 0 Å². The van der Waals surface area contributed by atoms with Gasteiger partial charge < -0.3 is 10.1 Å². The van der Waals surface area contributed by atoms with Gasteiger partial charge in [-0.25, -0.2) is 4.98 Å². The Balaban J connectivity index is 1.90. The van der Waals surface area contributed by atoms with E-state index in [2.05, 4.69) is 14.9 Å². The highest BCUT2D eigenvalue weighted by molar-refractivity contribution is 4.96. The highest BCUT2D eigenvalue weighted by atomic mass is 16.3. The smallest absolute Gasteiger partial charge is 0.0922 e. The van der Waals surface area contributed by atoms with Gasteiger partial charge in [0.25, 0.3) is 0 Å². The second kappa shape index (κ2) is 4.77. The highest BCUT2D eigenvalue weighted by Gasteiger charge is 2.25. The Bertz CT molecular complexity index is 284. The van der Waals surface area contributed by atoms with Crippen LogP contribution < -0.4 is 0 Å². The van der Waals surface area contributed by atoms with Gasteiger partial charge in [0.2, 0.25) is 0 Å². The lowest BCUT2D eigenvalue weighted by Crippen LogP contribution is -2.31. The summed E-state index contributed by atoms with van der Waals surface area (Å²) >= 11 is 0. The first-order valence-electron chi connectivity index (χ1n) is 5.65. The van der Waals surface area contributed by atoms with Gasteiger partial charge >= 0.3 is 0 Å².